The van der Waals surface area contributed by atoms with Gasteiger partial charge >= 0.3 is 6.03 Å². The fraction of sp³-hybridized carbons (Fsp3) is 0.833. The van der Waals surface area contributed by atoms with Crippen LogP contribution in [0.1, 0.15) is 69.4 Å². The van der Waals surface area contributed by atoms with Crippen molar-refractivity contribution in [3.05, 3.63) is 11.6 Å². The number of piperidine rings is 1. The summed E-state index contributed by atoms with van der Waals surface area (Å²) in [6.07, 6.45) is 9.28. The number of urea groups is 1. The van der Waals surface area contributed by atoms with Crippen LogP contribution in [0.2, 0.25) is 0 Å². The standard InChI is InChI=1S/C18H29N5O/c1-18(7-8-18)9-10-19-17(24)22-12-5-14(6-13-22)16-21-20-15-4-2-3-11-23(15)16/h14H,2-13H2,1H3,(H,19,24). The predicted molar refractivity (Wildman–Crippen MR) is 91.9 cm³/mol. The van der Waals surface area contributed by atoms with E-state index < -0.39 is 0 Å². The van der Waals surface area contributed by atoms with Crippen molar-refractivity contribution in [3.63, 3.8) is 0 Å². The molecule has 24 heavy (non-hydrogen) atoms. The Labute approximate surface area is 144 Å². The van der Waals surface area contributed by atoms with Crippen LogP contribution < -0.4 is 5.32 Å². The Morgan fingerprint density at radius 3 is 2.75 bits per heavy atom. The Morgan fingerprint density at radius 2 is 2.00 bits per heavy atom. The van der Waals surface area contributed by atoms with Gasteiger partial charge in [-0.3, -0.25) is 0 Å². The molecule has 1 saturated heterocycles. The summed E-state index contributed by atoms with van der Waals surface area (Å²) in [5.74, 6) is 2.77. The summed E-state index contributed by atoms with van der Waals surface area (Å²) in [5, 5.41) is 11.9. The SMILES string of the molecule is CC1(CCNC(=O)N2CCC(c3nnc4n3CCCC4)CC2)CC1. The zero-order valence-corrected chi connectivity index (χ0v) is 14.8. The Kier molecular flexibility index (Phi) is 4.22. The number of rotatable bonds is 4. The lowest BCUT2D eigenvalue weighted by atomic mass is 9.95. The molecule has 1 N–H and O–H groups in total. The first-order chi connectivity index (χ1) is 11.6. The van der Waals surface area contributed by atoms with Crippen LogP contribution in [0.4, 0.5) is 4.79 Å². The van der Waals surface area contributed by atoms with Gasteiger partial charge in [-0.05, 0) is 50.4 Å². The van der Waals surface area contributed by atoms with Gasteiger partial charge in [0.15, 0.2) is 0 Å². The van der Waals surface area contributed by atoms with Crippen LogP contribution in [0.15, 0.2) is 0 Å². The van der Waals surface area contributed by atoms with Crippen molar-refractivity contribution in [2.45, 2.75) is 70.8 Å². The van der Waals surface area contributed by atoms with E-state index >= 15 is 0 Å². The molecule has 0 unspecified atom stereocenters. The normalized spacial score (nSPS) is 23.0. The molecule has 132 valence electrons. The summed E-state index contributed by atoms with van der Waals surface area (Å²) in [6.45, 7) is 5.85. The molecule has 2 amide bonds. The van der Waals surface area contributed by atoms with Gasteiger partial charge in [0.2, 0.25) is 0 Å². The quantitative estimate of drug-likeness (QED) is 0.922. The van der Waals surface area contributed by atoms with Crippen molar-refractivity contribution in [1.82, 2.24) is 25.0 Å². The van der Waals surface area contributed by atoms with Gasteiger partial charge < -0.3 is 14.8 Å². The zero-order chi connectivity index (χ0) is 16.6. The number of nitrogens with zero attached hydrogens (tertiary/aromatic N) is 4. The molecular weight excluding hydrogens is 302 g/mol. The first-order valence-electron chi connectivity index (χ1n) is 9.59. The molecule has 1 aliphatic carbocycles. The fourth-order valence-corrected chi connectivity index (χ4v) is 4.02. The molecule has 0 bridgehead atoms. The number of aryl methyl sites for hydroxylation is 1. The lowest BCUT2D eigenvalue weighted by molar-refractivity contribution is 0.179. The maximum absolute atomic E-state index is 12.3. The van der Waals surface area contributed by atoms with E-state index in [9.17, 15) is 4.79 Å². The van der Waals surface area contributed by atoms with E-state index in [0.29, 0.717) is 11.3 Å². The molecule has 2 fully saturated rings. The van der Waals surface area contributed by atoms with Crippen LogP contribution in [0.25, 0.3) is 0 Å². The average Bonchev–Trinajstić information content (AvgIpc) is 3.19. The van der Waals surface area contributed by atoms with Gasteiger partial charge in [-0.15, -0.1) is 10.2 Å². The van der Waals surface area contributed by atoms with Gasteiger partial charge in [0, 0.05) is 38.5 Å². The van der Waals surface area contributed by atoms with E-state index in [1.807, 2.05) is 4.90 Å². The number of likely N-dealkylation sites (tertiary alicyclic amines) is 1. The van der Waals surface area contributed by atoms with E-state index in [1.165, 1.54) is 25.7 Å². The summed E-state index contributed by atoms with van der Waals surface area (Å²) in [6, 6.07) is 0.112. The second-order valence-corrected chi connectivity index (χ2v) is 8.14. The summed E-state index contributed by atoms with van der Waals surface area (Å²) in [7, 11) is 0. The van der Waals surface area contributed by atoms with Crippen LogP contribution in [-0.4, -0.2) is 45.3 Å². The average molecular weight is 331 g/mol. The smallest absolute Gasteiger partial charge is 0.317 e. The summed E-state index contributed by atoms with van der Waals surface area (Å²) >= 11 is 0. The van der Waals surface area contributed by atoms with E-state index in [2.05, 4.69) is 27.0 Å². The first-order valence-corrected chi connectivity index (χ1v) is 9.59. The minimum absolute atomic E-state index is 0.112. The fourth-order valence-electron chi connectivity index (χ4n) is 4.02. The summed E-state index contributed by atoms with van der Waals surface area (Å²) in [4.78, 5) is 14.3. The molecule has 2 aliphatic heterocycles. The van der Waals surface area contributed by atoms with Crippen molar-refractivity contribution in [2.75, 3.05) is 19.6 Å². The highest BCUT2D eigenvalue weighted by Crippen LogP contribution is 2.47. The first kappa shape index (κ1) is 15.9. The number of carbonyl (C=O) groups is 1. The molecule has 1 aromatic rings. The summed E-state index contributed by atoms with van der Waals surface area (Å²) in [5.41, 5.74) is 0.507. The molecule has 1 aromatic heterocycles. The predicted octanol–water partition coefficient (Wildman–Crippen LogP) is 2.69. The van der Waals surface area contributed by atoms with Crippen LogP contribution >= 0.6 is 0 Å². The lowest BCUT2D eigenvalue weighted by Gasteiger charge is -2.32. The highest BCUT2D eigenvalue weighted by Gasteiger charge is 2.36. The maximum atomic E-state index is 12.3. The van der Waals surface area contributed by atoms with E-state index in [0.717, 1.165) is 63.5 Å². The Balaban J connectivity index is 1.27. The number of carbonyl (C=O) groups excluding carboxylic acids is 1. The minimum Gasteiger partial charge on any atom is -0.338 e. The van der Waals surface area contributed by atoms with Crippen molar-refractivity contribution in [1.29, 1.82) is 0 Å². The lowest BCUT2D eigenvalue weighted by Crippen LogP contribution is -2.44. The third-order valence-electron chi connectivity index (χ3n) is 6.14. The molecule has 0 aromatic carbocycles. The van der Waals surface area contributed by atoms with Crippen LogP contribution in [0, 0.1) is 5.41 Å². The number of amides is 2. The number of hydrogen-bond donors (Lipinski definition) is 1. The van der Waals surface area contributed by atoms with Gasteiger partial charge in [0.25, 0.3) is 0 Å². The van der Waals surface area contributed by atoms with E-state index in [4.69, 9.17) is 0 Å². The Morgan fingerprint density at radius 1 is 1.21 bits per heavy atom. The molecule has 6 nitrogen and oxygen atoms in total. The molecule has 3 aliphatic rings. The van der Waals surface area contributed by atoms with E-state index in [-0.39, 0.29) is 6.03 Å². The van der Waals surface area contributed by atoms with Crippen molar-refractivity contribution < 1.29 is 4.79 Å². The number of fused-ring (bicyclic) bond motifs is 1. The molecule has 0 atom stereocenters. The number of aromatic nitrogens is 3. The molecule has 4 rings (SSSR count). The third-order valence-corrected chi connectivity index (χ3v) is 6.14. The molecule has 0 spiro atoms. The highest BCUT2D eigenvalue weighted by molar-refractivity contribution is 5.74. The second kappa shape index (κ2) is 6.37. The van der Waals surface area contributed by atoms with Gasteiger partial charge in [-0.2, -0.15) is 0 Å². The minimum atomic E-state index is 0.112. The zero-order valence-electron chi connectivity index (χ0n) is 14.8. The van der Waals surface area contributed by atoms with Crippen LogP contribution in [0.3, 0.4) is 0 Å². The maximum Gasteiger partial charge on any atom is 0.317 e. The third kappa shape index (κ3) is 3.28. The van der Waals surface area contributed by atoms with Crippen molar-refractivity contribution in [3.8, 4) is 0 Å². The number of hydrogen-bond acceptors (Lipinski definition) is 3. The topological polar surface area (TPSA) is 63.1 Å². The van der Waals surface area contributed by atoms with Crippen molar-refractivity contribution in [2.24, 2.45) is 5.41 Å². The molecule has 6 heteroatoms. The van der Waals surface area contributed by atoms with Gasteiger partial charge in [-0.25, -0.2) is 4.79 Å². The second-order valence-electron chi connectivity index (χ2n) is 8.14. The van der Waals surface area contributed by atoms with Crippen LogP contribution in [-0.2, 0) is 13.0 Å². The van der Waals surface area contributed by atoms with Crippen LogP contribution in [0.5, 0.6) is 0 Å². The number of nitrogens with one attached hydrogen (secondary N) is 1. The molecular formula is C18H29N5O. The summed E-state index contributed by atoms with van der Waals surface area (Å²) < 4.78 is 2.33. The Bertz CT molecular complexity index is 599. The van der Waals surface area contributed by atoms with E-state index in [1.54, 1.807) is 0 Å². The largest absolute Gasteiger partial charge is 0.338 e. The monoisotopic (exact) mass is 331 g/mol. The molecule has 1 saturated carbocycles. The van der Waals surface area contributed by atoms with Gasteiger partial charge in [-0.1, -0.05) is 6.92 Å². The highest BCUT2D eigenvalue weighted by atomic mass is 16.2. The van der Waals surface area contributed by atoms with Gasteiger partial charge in [0.1, 0.15) is 11.6 Å². The van der Waals surface area contributed by atoms with Crippen molar-refractivity contribution >= 4 is 6.03 Å². The van der Waals surface area contributed by atoms with Gasteiger partial charge in [0.05, 0.1) is 0 Å². The molecule has 0 radical (unpaired) electrons. The molecule has 3 heterocycles. The Hall–Kier alpha value is -1.59.